The van der Waals surface area contributed by atoms with Gasteiger partial charge in [0.25, 0.3) is 0 Å². The number of hydrogen-bond donors (Lipinski definition) is 2. The van der Waals surface area contributed by atoms with Gasteiger partial charge in [0.1, 0.15) is 0 Å². The highest BCUT2D eigenvalue weighted by Gasteiger charge is 2.30. The van der Waals surface area contributed by atoms with E-state index >= 15 is 0 Å². The zero-order chi connectivity index (χ0) is 11.5. The molecule has 0 aliphatic carbocycles. The minimum atomic E-state index is -0.369. The fourth-order valence-electron chi connectivity index (χ4n) is 2.21. The molecule has 0 aromatic rings. The molecule has 4 nitrogen and oxygen atoms in total. The molecule has 1 rings (SSSR count). The van der Waals surface area contributed by atoms with Crippen LogP contribution in [0.2, 0.25) is 0 Å². The molecule has 1 aliphatic rings. The maximum atomic E-state index is 9.40. The second-order valence-corrected chi connectivity index (χ2v) is 5.10. The topological polar surface area (TPSA) is 58.7 Å². The average Bonchev–Trinajstić information content (AvgIpc) is 2.11. The molecule has 0 bridgehead atoms. The largest absolute Gasteiger partial charge is 0.392 e. The van der Waals surface area contributed by atoms with Crippen molar-refractivity contribution >= 4 is 0 Å². The van der Waals surface area contributed by atoms with Crippen molar-refractivity contribution in [3.8, 4) is 0 Å². The number of nitrogens with two attached hydrogens (primary N) is 1. The Hall–Kier alpha value is -0.160. The zero-order valence-corrected chi connectivity index (χ0v) is 10.1. The van der Waals surface area contributed by atoms with Crippen LogP contribution in [0.1, 0.15) is 27.2 Å². The van der Waals surface area contributed by atoms with Crippen LogP contribution >= 0.6 is 0 Å². The quantitative estimate of drug-likeness (QED) is 0.704. The van der Waals surface area contributed by atoms with Gasteiger partial charge in [0.05, 0.1) is 17.8 Å². The molecule has 1 saturated heterocycles. The molecule has 1 aliphatic heterocycles. The molecule has 0 spiro atoms. The summed E-state index contributed by atoms with van der Waals surface area (Å²) in [5.41, 5.74) is 5.30. The Bertz CT molecular complexity index is 197. The van der Waals surface area contributed by atoms with E-state index in [0.717, 1.165) is 26.1 Å². The van der Waals surface area contributed by atoms with E-state index in [9.17, 15) is 5.11 Å². The normalized spacial score (nSPS) is 29.0. The average molecular weight is 216 g/mol. The first kappa shape index (κ1) is 12.9. The summed E-state index contributed by atoms with van der Waals surface area (Å²) in [6, 6.07) is 0. The van der Waals surface area contributed by atoms with Gasteiger partial charge in [-0.1, -0.05) is 0 Å². The molecule has 0 saturated carbocycles. The van der Waals surface area contributed by atoms with Gasteiger partial charge in [-0.2, -0.15) is 0 Å². The minimum absolute atomic E-state index is 0.0780. The van der Waals surface area contributed by atoms with Crippen molar-refractivity contribution in [2.45, 2.75) is 45.0 Å². The fraction of sp³-hybridized carbons (Fsp3) is 1.00. The van der Waals surface area contributed by atoms with Gasteiger partial charge >= 0.3 is 0 Å². The molecule has 4 heteroatoms. The molecule has 2 unspecified atom stereocenters. The summed E-state index contributed by atoms with van der Waals surface area (Å²) >= 11 is 0. The Labute approximate surface area is 92.4 Å². The third-order valence-corrected chi connectivity index (χ3v) is 2.69. The van der Waals surface area contributed by atoms with Crippen LogP contribution in [-0.2, 0) is 4.74 Å². The lowest BCUT2D eigenvalue weighted by molar-refractivity contribution is -0.129. The van der Waals surface area contributed by atoms with Gasteiger partial charge in [-0.15, -0.1) is 0 Å². The third-order valence-electron chi connectivity index (χ3n) is 2.69. The van der Waals surface area contributed by atoms with Crippen molar-refractivity contribution in [2.75, 3.05) is 26.2 Å². The van der Waals surface area contributed by atoms with Gasteiger partial charge in [0, 0.05) is 26.2 Å². The highest BCUT2D eigenvalue weighted by Crippen LogP contribution is 2.20. The Morgan fingerprint density at radius 2 is 2.27 bits per heavy atom. The van der Waals surface area contributed by atoms with Gasteiger partial charge in [0.2, 0.25) is 0 Å². The maximum Gasteiger partial charge on any atom is 0.0757 e. The van der Waals surface area contributed by atoms with Gasteiger partial charge < -0.3 is 15.6 Å². The molecule has 0 aromatic heterocycles. The van der Waals surface area contributed by atoms with Crippen molar-refractivity contribution < 1.29 is 9.84 Å². The SMILES string of the molecule is CC1CN(CCC(O)CN)CC(C)(C)O1. The lowest BCUT2D eigenvalue weighted by atomic mass is 10.1. The second kappa shape index (κ2) is 5.25. The van der Waals surface area contributed by atoms with Gasteiger partial charge in [-0.25, -0.2) is 0 Å². The van der Waals surface area contributed by atoms with Crippen LogP contribution in [0.25, 0.3) is 0 Å². The Morgan fingerprint density at radius 1 is 1.60 bits per heavy atom. The first-order valence-electron chi connectivity index (χ1n) is 5.71. The van der Waals surface area contributed by atoms with E-state index in [2.05, 4.69) is 25.7 Å². The van der Waals surface area contributed by atoms with E-state index in [4.69, 9.17) is 10.5 Å². The molecule has 0 aromatic carbocycles. The van der Waals surface area contributed by atoms with Gasteiger partial charge in [-0.05, 0) is 27.2 Å². The smallest absolute Gasteiger partial charge is 0.0757 e. The molecule has 15 heavy (non-hydrogen) atoms. The summed E-state index contributed by atoms with van der Waals surface area (Å²) in [5, 5.41) is 9.40. The number of aliphatic hydroxyl groups excluding tert-OH is 1. The standard InChI is InChI=1S/C11H24N2O2/c1-9-7-13(5-4-10(14)6-12)8-11(2,3)15-9/h9-10,14H,4-8,12H2,1-3H3. The predicted molar refractivity (Wildman–Crippen MR) is 60.7 cm³/mol. The summed E-state index contributed by atoms with van der Waals surface area (Å²) in [4.78, 5) is 2.34. The lowest BCUT2D eigenvalue weighted by Gasteiger charge is -2.42. The summed E-state index contributed by atoms with van der Waals surface area (Å²) in [6.07, 6.45) is 0.647. The van der Waals surface area contributed by atoms with E-state index in [1.54, 1.807) is 0 Å². The molecule has 1 fully saturated rings. The minimum Gasteiger partial charge on any atom is -0.392 e. The van der Waals surface area contributed by atoms with Gasteiger partial charge in [-0.3, -0.25) is 4.90 Å². The number of morpholine rings is 1. The van der Waals surface area contributed by atoms with Crippen molar-refractivity contribution in [1.82, 2.24) is 4.90 Å². The van der Waals surface area contributed by atoms with E-state index < -0.39 is 0 Å². The third kappa shape index (κ3) is 4.47. The summed E-state index contributed by atoms with van der Waals surface area (Å²) in [5.74, 6) is 0. The van der Waals surface area contributed by atoms with E-state index in [-0.39, 0.29) is 17.8 Å². The molecule has 3 N–H and O–H groups in total. The molecule has 90 valence electrons. The first-order chi connectivity index (χ1) is 6.93. The van der Waals surface area contributed by atoms with E-state index in [1.165, 1.54) is 0 Å². The highest BCUT2D eigenvalue weighted by atomic mass is 16.5. The number of aliphatic hydroxyl groups is 1. The summed E-state index contributed by atoms with van der Waals surface area (Å²) in [6.45, 7) is 9.42. The molecule has 0 amide bonds. The van der Waals surface area contributed by atoms with Crippen LogP contribution in [0, 0.1) is 0 Å². The fourth-order valence-corrected chi connectivity index (χ4v) is 2.21. The molecule has 0 radical (unpaired) electrons. The molecular weight excluding hydrogens is 192 g/mol. The van der Waals surface area contributed by atoms with Crippen LogP contribution in [-0.4, -0.2) is 54.0 Å². The number of hydrogen-bond acceptors (Lipinski definition) is 4. The number of rotatable bonds is 4. The van der Waals surface area contributed by atoms with Crippen molar-refractivity contribution in [1.29, 1.82) is 0 Å². The molecule has 1 heterocycles. The van der Waals surface area contributed by atoms with Crippen molar-refractivity contribution in [3.63, 3.8) is 0 Å². The Kier molecular flexibility index (Phi) is 4.52. The highest BCUT2D eigenvalue weighted by molar-refractivity contribution is 4.82. The van der Waals surface area contributed by atoms with Crippen molar-refractivity contribution in [3.05, 3.63) is 0 Å². The maximum absolute atomic E-state index is 9.40. The molecular formula is C11H24N2O2. The monoisotopic (exact) mass is 216 g/mol. The molecule has 2 atom stereocenters. The lowest BCUT2D eigenvalue weighted by Crippen LogP contribution is -2.52. The summed E-state index contributed by atoms with van der Waals surface area (Å²) in [7, 11) is 0. The number of nitrogens with zero attached hydrogens (tertiary/aromatic N) is 1. The van der Waals surface area contributed by atoms with Crippen LogP contribution in [0.3, 0.4) is 0 Å². The Morgan fingerprint density at radius 3 is 2.80 bits per heavy atom. The second-order valence-electron chi connectivity index (χ2n) is 5.10. The first-order valence-corrected chi connectivity index (χ1v) is 5.71. The summed E-state index contributed by atoms with van der Waals surface area (Å²) < 4.78 is 5.81. The zero-order valence-electron chi connectivity index (χ0n) is 10.1. The van der Waals surface area contributed by atoms with Crippen LogP contribution in [0.5, 0.6) is 0 Å². The van der Waals surface area contributed by atoms with Crippen LogP contribution in [0.15, 0.2) is 0 Å². The van der Waals surface area contributed by atoms with E-state index in [1.807, 2.05) is 0 Å². The Balaban J connectivity index is 2.35. The van der Waals surface area contributed by atoms with Crippen LogP contribution in [0.4, 0.5) is 0 Å². The predicted octanol–water partition coefficient (Wildman–Crippen LogP) is 0.195. The van der Waals surface area contributed by atoms with Gasteiger partial charge in [0.15, 0.2) is 0 Å². The van der Waals surface area contributed by atoms with Crippen molar-refractivity contribution in [2.24, 2.45) is 5.73 Å². The number of ether oxygens (including phenoxy) is 1. The van der Waals surface area contributed by atoms with E-state index in [0.29, 0.717) is 6.54 Å². The van der Waals surface area contributed by atoms with Crippen LogP contribution < -0.4 is 5.73 Å².